The van der Waals surface area contributed by atoms with Gasteiger partial charge in [-0.15, -0.1) is 0 Å². The molecule has 0 radical (unpaired) electrons. The van der Waals surface area contributed by atoms with Crippen molar-refractivity contribution in [2.45, 2.75) is 26.4 Å². The summed E-state index contributed by atoms with van der Waals surface area (Å²) in [4.78, 5) is 0. The maximum atomic E-state index is 12.4. The fourth-order valence-corrected chi connectivity index (χ4v) is 1.31. The minimum Gasteiger partial charge on any atom is -0.166 e. The Bertz CT molecular complexity index is 362. The first-order valence-electron chi connectivity index (χ1n) is 4.73. The third-order valence-corrected chi connectivity index (χ3v) is 2.25. The molecule has 0 atom stereocenters. The van der Waals surface area contributed by atoms with Crippen molar-refractivity contribution in [2.24, 2.45) is 0 Å². The van der Waals surface area contributed by atoms with Gasteiger partial charge in [0.05, 0.1) is 5.56 Å². The molecule has 82 valence electrons. The van der Waals surface area contributed by atoms with Gasteiger partial charge in [-0.25, -0.2) is 0 Å². The largest absolute Gasteiger partial charge is 0.416 e. The average Bonchev–Trinajstić information content (AvgIpc) is 2.15. The molecule has 3 heteroatoms. The molecule has 0 heterocycles. The zero-order valence-corrected chi connectivity index (χ0v) is 8.73. The molecule has 1 aromatic carbocycles. The van der Waals surface area contributed by atoms with E-state index in [0.29, 0.717) is 6.42 Å². The summed E-state index contributed by atoms with van der Waals surface area (Å²) in [5.74, 6) is 0. The van der Waals surface area contributed by atoms with Crippen molar-refractivity contribution in [3.05, 3.63) is 47.0 Å². The zero-order chi connectivity index (χ0) is 11.5. The van der Waals surface area contributed by atoms with E-state index in [9.17, 15) is 13.2 Å². The van der Waals surface area contributed by atoms with Crippen LogP contribution in [0.25, 0.3) is 0 Å². The summed E-state index contributed by atoms with van der Waals surface area (Å²) in [6, 6.07) is 3.85. The van der Waals surface area contributed by atoms with Crippen LogP contribution in [0.5, 0.6) is 0 Å². The van der Waals surface area contributed by atoms with E-state index in [4.69, 9.17) is 0 Å². The fraction of sp³-hybridized carbons (Fsp3) is 0.333. The van der Waals surface area contributed by atoms with Crippen molar-refractivity contribution >= 4 is 0 Å². The Balaban J connectivity index is 3.05. The molecule has 0 bridgehead atoms. The lowest BCUT2D eigenvalue weighted by molar-refractivity contribution is -0.137. The van der Waals surface area contributed by atoms with Crippen molar-refractivity contribution in [1.29, 1.82) is 0 Å². The Morgan fingerprint density at radius 2 is 1.93 bits per heavy atom. The number of benzene rings is 1. The molecule has 1 rings (SSSR count). The monoisotopic (exact) mass is 214 g/mol. The van der Waals surface area contributed by atoms with Crippen LogP contribution < -0.4 is 0 Å². The molecule has 0 saturated heterocycles. The topological polar surface area (TPSA) is 0 Å². The highest BCUT2D eigenvalue weighted by molar-refractivity contribution is 5.33. The Hall–Kier alpha value is -1.25. The van der Waals surface area contributed by atoms with Crippen LogP contribution in [-0.2, 0) is 12.6 Å². The van der Waals surface area contributed by atoms with E-state index >= 15 is 0 Å². The predicted octanol–water partition coefficient (Wildman–Crippen LogP) is 4.13. The second kappa shape index (κ2) is 4.51. The molecule has 0 aliphatic rings. The molecule has 0 aliphatic heterocycles. The fourth-order valence-electron chi connectivity index (χ4n) is 1.31. The van der Waals surface area contributed by atoms with Gasteiger partial charge in [0.2, 0.25) is 0 Å². The second-order valence-corrected chi connectivity index (χ2v) is 3.41. The van der Waals surface area contributed by atoms with E-state index in [0.717, 1.165) is 17.2 Å². The summed E-state index contributed by atoms with van der Waals surface area (Å²) in [6.07, 6.45) is -0.0210. The van der Waals surface area contributed by atoms with Gasteiger partial charge in [-0.3, -0.25) is 0 Å². The van der Waals surface area contributed by atoms with E-state index in [1.54, 1.807) is 0 Å². The minimum absolute atomic E-state index is 0.548. The number of halogens is 3. The minimum atomic E-state index is -4.25. The molecule has 15 heavy (non-hydrogen) atoms. The normalized spacial score (nSPS) is 12.3. The van der Waals surface area contributed by atoms with E-state index in [2.05, 4.69) is 0 Å². The summed E-state index contributed by atoms with van der Waals surface area (Å²) in [7, 11) is 0. The van der Waals surface area contributed by atoms with Crippen LogP contribution >= 0.6 is 0 Å². The van der Waals surface area contributed by atoms with Gasteiger partial charge in [-0.2, -0.15) is 13.2 Å². The van der Waals surface area contributed by atoms with Crippen LogP contribution in [0, 0.1) is 6.92 Å². The van der Waals surface area contributed by atoms with E-state index < -0.39 is 11.7 Å². The molecule has 0 aromatic heterocycles. The number of alkyl halides is 3. The third kappa shape index (κ3) is 3.11. The second-order valence-electron chi connectivity index (χ2n) is 3.41. The molecule has 0 spiro atoms. The molecule has 0 amide bonds. The van der Waals surface area contributed by atoms with E-state index in [1.165, 1.54) is 12.1 Å². The summed E-state index contributed by atoms with van der Waals surface area (Å²) in [5.41, 5.74) is 1.04. The van der Waals surface area contributed by atoms with Crippen LogP contribution in [0.4, 0.5) is 13.2 Å². The summed E-state index contributed by atoms with van der Waals surface area (Å²) >= 11 is 0. The number of allylic oxidation sites excluding steroid dienone is 2. The molecular weight excluding hydrogens is 201 g/mol. The van der Waals surface area contributed by atoms with Gasteiger partial charge in [0.15, 0.2) is 0 Å². The lowest BCUT2D eigenvalue weighted by Crippen LogP contribution is -2.05. The van der Waals surface area contributed by atoms with Crippen molar-refractivity contribution in [3.63, 3.8) is 0 Å². The maximum absolute atomic E-state index is 12.4. The Morgan fingerprint density at radius 3 is 2.47 bits per heavy atom. The molecule has 0 saturated carbocycles. The summed E-state index contributed by atoms with van der Waals surface area (Å²) < 4.78 is 37.2. The SMILES string of the molecule is C/C=C\Cc1cc(C(F)(F)F)ccc1C. The average molecular weight is 214 g/mol. The van der Waals surface area contributed by atoms with Gasteiger partial charge in [-0.05, 0) is 43.5 Å². The Morgan fingerprint density at radius 1 is 1.27 bits per heavy atom. The smallest absolute Gasteiger partial charge is 0.166 e. The highest BCUT2D eigenvalue weighted by Gasteiger charge is 2.30. The van der Waals surface area contributed by atoms with Crippen molar-refractivity contribution in [2.75, 3.05) is 0 Å². The molecule has 0 unspecified atom stereocenters. The number of hydrogen-bond donors (Lipinski definition) is 0. The molecule has 0 fully saturated rings. The summed E-state index contributed by atoms with van der Waals surface area (Å²) in [5, 5.41) is 0. The predicted molar refractivity (Wildman–Crippen MR) is 54.7 cm³/mol. The highest BCUT2D eigenvalue weighted by atomic mass is 19.4. The molecule has 1 aromatic rings. The first kappa shape index (κ1) is 11.8. The van der Waals surface area contributed by atoms with Gasteiger partial charge in [-0.1, -0.05) is 18.2 Å². The lowest BCUT2D eigenvalue weighted by Gasteiger charge is -2.10. The first-order chi connectivity index (χ1) is 6.95. The van der Waals surface area contributed by atoms with Gasteiger partial charge < -0.3 is 0 Å². The summed E-state index contributed by atoms with van der Waals surface area (Å²) in [6.45, 7) is 3.67. The first-order valence-corrected chi connectivity index (χ1v) is 4.73. The molecular formula is C12H13F3. The van der Waals surface area contributed by atoms with Crippen LogP contribution in [-0.4, -0.2) is 0 Å². The quantitative estimate of drug-likeness (QED) is 0.649. The maximum Gasteiger partial charge on any atom is 0.416 e. The van der Waals surface area contributed by atoms with Gasteiger partial charge >= 0.3 is 6.18 Å². The lowest BCUT2D eigenvalue weighted by atomic mass is 10.0. The Labute approximate surface area is 87.4 Å². The van der Waals surface area contributed by atoms with Gasteiger partial charge in [0.25, 0.3) is 0 Å². The van der Waals surface area contributed by atoms with E-state index in [-0.39, 0.29) is 0 Å². The molecule has 0 nitrogen and oxygen atoms in total. The van der Waals surface area contributed by atoms with E-state index in [1.807, 2.05) is 26.0 Å². The van der Waals surface area contributed by atoms with Crippen molar-refractivity contribution < 1.29 is 13.2 Å². The number of hydrogen-bond acceptors (Lipinski definition) is 0. The van der Waals surface area contributed by atoms with Crippen LogP contribution in [0.3, 0.4) is 0 Å². The van der Waals surface area contributed by atoms with Gasteiger partial charge in [0.1, 0.15) is 0 Å². The van der Waals surface area contributed by atoms with Crippen LogP contribution in [0.2, 0.25) is 0 Å². The standard InChI is InChI=1S/C12H13F3/c1-3-4-5-10-8-11(12(13,14)15)7-6-9(10)2/h3-4,6-8H,5H2,1-2H3/b4-3-. The molecule has 0 aliphatic carbocycles. The van der Waals surface area contributed by atoms with Crippen molar-refractivity contribution in [3.8, 4) is 0 Å². The molecule has 0 N–H and O–H groups in total. The van der Waals surface area contributed by atoms with Crippen molar-refractivity contribution in [1.82, 2.24) is 0 Å². The van der Waals surface area contributed by atoms with Crippen LogP contribution in [0.15, 0.2) is 30.4 Å². The Kier molecular flexibility index (Phi) is 3.56. The number of rotatable bonds is 2. The van der Waals surface area contributed by atoms with Crippen LogP contribution in [0.1, 0.15) is 23.6 Å². The zero-order valence-electron chi connectivity index (χ0n) is 8.73. The van der Waals surface area contributed by atoms with Gasteiger partial charge in [0, 0.05) is 0 Å². The number of aryl methyl sites for hydroxylation is 1. The third-order valence-electron chi connectivity index (χ3n) is 2.25. The highest BCUT2D eigenvalue weighted by Crippen LogP contribution is 2.30.